The van der Waals surface area contributed by atoms with E-state index in [1.54, 1.807) is 13.8 Å². The molecule has 18 heavy (non-hydrogen) atoms. The fourth-order valence-electron chi connectivity index (χ4n) is 2.06. The maximum atomic E-state index is 11.5. The van der Waals surface area contributed by atoms with Gasteiger partial charge in [-0.25, -0.2) is 9.69 Å². The number of aromatic carboxylic acids is 1. The van der Waals surface area contributed by atoms with Crippen LogP contribution in [0.1, 0.15) is 21.5 Å². The number of imide groups is 1. The van der Waals surface area contributed by atoms with Gasteiger partial charge in [-0.05, 0) is 37.1 Å². The van der Waals surface area contributed by atoms with Gasteiger partial charge in [0.15, 0.2) is 0 Å². The lowest BCUT2D eigenvalue weighted by Gasteiger charge is -2.16. The van der Waals surface area contributed by atoms with Gasteiger partial charge in [0, 0.05) is 12.2 Å². The summed E-state index contributed by atoms with van der Waals surface area (Å²) in [7, 11) is 0. The van der Waals surface area contributed by atoms with E-state index in [4.69, 9.17) is 5.11 Å². The minimum Gasteiger partial charge on any atom is -0.478 e. The lowest BCUT2D eigenvalue weighted by atomic mass is 10.0. The number of rotatable bonds is 2. The number of aryl methyl sites for hydroxylation is 2. The van der Waals surface area contributed by atoms with Gasteiger partial charge >= 0.3 is 5.97 Å². The first kappa shape index (κ1) is 12.0. The molecule has 0 unspecified atom stereocenters. The van der Waals surface area contributed by atoms with Gasteiger partial charge in [-0.1, -0.05) is 0 Å². The molecule has 0 saturated heterocycles. The summed E-state index contributed by atoms with van der Waals surface area (Å²) in [5, 5.41) is 9.05. The van der Waals surface area contributed by atoms with Crippen LogP contribution in [0.5, 0.6) is 0 Å². The van der Waals surface area contributed by atoms with Crippen LogP contribution in [0.4, 0.5) is 5.69 Å². The highest BCUT2D eigenvalue weighted by atomic mass is 16.4. The minimum absolute atomic E-state index is 0.200. The lowest BCUT2D eigenvalue weighted by Crippen LogP contribution is -2.29. The summed E-state index contributed by atoms with van der Waals surface area (Å²) in [5.74, 6) is -1.85. The van der Waals surface area contributed by atoms with Gasteiger partial charge in [0.1, 0.15) is 0 Å². The molecule has 5 heteroatoms. The number of carboxylic acids is 1. The Balaban J connectivity index is 2.52. The van der Waals surface area contributed by atoms with E-state index in [2.05, 4.69) is 0 Å². The van der Waals surface area contributed by atoms with Crippen molar-refractivity contribution < 1.29 is 19.5 Å². The molecule has 0 aliphatic carbocycles. The monoisotopic (exact) mass is 245 g/mol. The van der Waals surface area contributed by atoms with E-state index >= 15 is 0 Å². The van der Waals surface area contributed by atoms with Crippen molar-refractivity contribution in [2.45, 2.75) is 13.8 Å². The first-order valence-corrected chi connectivity index (χ1v) is 5.32. The van der Waals surface area contributed by atoms with Crippen molar-refractivity contribution in [2.24, 2.45) is 0 Å². The SMILES string of the molecule is Cc1cc(N2C(=O)C=CC2=O)cc(C)c1C(=O)O. The smallest absolute Gasteiger partial charge is 0.336 e. The van der Waals surface area contributed by atoms with Crippen LogP contribution >= 0.6 is 0 Å². The van der Waals surface area contributed by atoms with Gasteiger partial charge in [0.2, 0.25) is 0 Å². The number of carbonyl (C=O) groups excluding carboxylic acids is 2. The maximum Gasteiger partial charge on any atom is 0.336 e. The Morgan fingerprint density at radius 2 is 1.50 bits per heavy atom. The number of nitrogens with zero attached hydrogens (tertiary/aromatic N) is 1. The fourth-order valence-corrected chi connectivity index (χ4v) is 2.06. The van der Waals surface area contributed by atoms with E-state index in [1.165, 1.54) is 24.3 Å². The second kappa shape index (κ2) is 4.10. The Labute approximate surface area is 103 Å². The molecule has 1 aliphatic rings. The van der Waals surface area contributed by atoms with Crippen molar-refractivity contribution in [2.75, 3.05) is 4.90 Å². The quantitative estimate of drug-likeness (QED) is 0.800. The Morgan fingerprint density at radius 3 is 1.89 bits per heavy atom. The average Bonchev–Trinajstić information content (AvgIpc) is 2.56. The molecule has 0 radical (unpaired) electrons. The van der Waals surface area contributed by atoms with Crippen LogP contribution < -0.4 is 4.90 Å². The number of anilines is 1. The van der Waals surface area contributed by atoms with Gasteiger partial charge in [-0.2, -0.15) is 0 Å². The van der Waals surface area contributed by atoms with Crippen LogP contribution in [0.15, 0.2) is 24.3 Å². The number of carboxylic acid groups (broad SMARTS) is 1. The highest BCUT2D eigenvalue weighted by Crippen LogP contribution is 2.25. The third kappa shape index (κ3) is 1.79. The standard InChI is InChI=1S/C13H11NO4/c1-7-5-9(6-8(2)12(7)13(17)18)14-10(15)3-4-11(14)16/h3-6H,1-2H3,(H,17,18). The van der Waals surface area contributed by atoms with Crippen LogP contribution in [0.2, 0.25) is 0 Å². The molecule has 92 valence electrons. The van der Waals surface area contributed by atoms with Crippen molar-refractivity contribution >= 4 is 23.5 Å². The predicted molar refractivity (Wildman–Crippen MR) is 64.5 cm³/mol. The van der Waals surface area contributed by atoms with E-state index in [0.717, 1.165) is 4.90 Å². The van der Waals surface area contributed by atoms with Crippen LogP contribution in [0, 0.1) is 13.8 Å². The molecule has 0 aromatic heterocycles. The Bertz CT molecular complexity index is 560. The Morgan fingerprint density at radius 1 is 1.06 bits per heavy atom. The zero-order chi connectivity index (χ0) is 13.4. The van der Waals surface area contributed by atoms with Crippen molar-refractivity contribution in [1.82, 2.24) is 0 Å². The summed E-state index contributed by atoms with van der Waals surface area (Å²) < 4.78 is 0. The van der Waals surface area contributed by atoms with E-state index in [1.807, 2.05) is 0 Å². The van der Waals surface area contributed by atoms with E-state index in [0.29, 0.717) is 16.8 Å². The Hall–Kier alpha value is -2.43. The molecule has 0 saturated carbocycles. The van der Waals surface area contributed by atoms with Crippen LogP contribution in [0.25, 0.3) is 0 Å². The molecular formula is C13H11NO4. The number of hydrogen-bond donors (Lipinski definition) is 1. The largest absolute Gasteiger partial charge is 0.478 e. The number of carbonyl (C=O) groups is 3. The highest BCUT2D eigenvalue weighted by molar-refractivity contribution is 6.28. The predicted octanol–water partition coefficient (Wildman–Crippen LogP) is 1.43. The normalized spacial score (nSPS) is 14.4. The van der Waals surface area contributed by atoms with Gasteiger partial charge < -0.3 is 5.11 Å². The Kier molecular flexibility index (Phi) is 2.74. The van der Waals surface area contributed by atoms with Gasteiger partial charge in [-0.15, -0.1) is 0 Å². The zero-order valence-corrected chi connectivity index (χ0v) is 9.93. The van der Waals surface area contributed by atoms with E-state index in [-0.39, 0.29) is 5.56 Å². The topological polar surface area (TPSA) is 74.7 Å². The highest BCUT2D eigenvalue weighted by Gasteiger charge is 2.26. The summed E-state index contributed by atoms with van der Waals surface area (Å²) in [5.41, 5.74) is 1.64. The molecule has 1 heterocycles. The van der Waals surface area contributed by atoms with Crippen molar-refractivity contribution in [3.05, 3.63) is 41.0 Å². The molecule has 0 bridgehead atoms. The minimum atomic E-state index is -1.02. The molecule has 5 nitrogen and oxygen atoms in total. The van der Waals surface area contributed by atoms with Crippen LogP contribution in [-0.2, 0) is 9.59 Å². The summed E-state index contributed by atoms with van der Waals surface area (Å²) in [6.45, 7) is 3.27. The molecule has 1 aromatic carbocycles. The summed E-state index contributed by atoms with van der Waals surface area (Å²) in [6, 6.07) is 3.05. The summed E-state index contributed by atoms with van der Waals surface area (Å²) in [4.78, 5) is 35.1. The van der Waals surface area contributed by atoms with Crippen molar-refractivity contribution in [3.63, 3.8) is 0 Å². The fraction of sp³-hybridized carbons (Fsp3) is 0.154. The first-order chi connectivity index (χ1) is 8.41. The van der Waals surface area contributed by atoms with Crippen molar-refractivity contribution in [3.8, 4) is 0 Å². The number of hydrogen-bond acceptors (Lipinski definition) is 3. The lowest BCUT2D eigenvalue weighted by molar-refractivity contribution is -0.119. The summed E-state index contributed by atoms with van der Waals surface area (Å²) in [6.07, 6.45) is 2.39. The van der Waals surface area contributed by atoms with Gasteiger partial charge in [0.25, 0.3) is 11.8 Å². The molecule has 1 N–H and O–H groups in total. The van der Waals surface area contributed by atoms with Crippen LogP contribution in [-0.4, -0.2) is 22.9 Å². The number of amides is 2. The van der Waals surface area contributed by atoms with Gasteiger partial charge in [-0.3, -0.25) is 9.59 Å². The average molecular weight is 245 g/mol. The van der Waals surface area contributed by atoms with E-state index in [9.17, 15) is 14.4 Å². The molecule has 2 rings (SSSR count). The van der Waals surface area contributed by atoms with Crippen LogP contribution in [0.3, 0.4) is 0 Å². The molecular weight excluding hydrogens is 234 g/mol. The molecule has 2 amide bonds. The maximum absolute atomic E-state index is 11.5. The zero-order valence-electron chi connectivity index (χ0n) is 9.93. The molecule has 1 aromatic rings. The molecule has 0 fully saturated rings. The second-order valence-corrected chi connectivity index (χ2v) is 4.10. The van der Waals surface area contributed by atoms with E-state index < -0.39 is 17.8 Å². The molecule has 0 atom stereocenters. The third-order valence-corrected chi connectivity index (χ3v) is 2.80. The second-order valence-electron chi connectivity index (χ2n) is 4.10. The van der Waals surface area contributed by atoms with Crippen molar-refractivity contribution in [1.29, 1.82) is 0 Å². The third-order valence-electron chi connectivity index (χ3n) is 2.80. The van der Waals surface area contributed by atoms with Gasteiger partial charge in [0.05, 0.1) is 11.3 Å². The first-order valence-electron chi connectivity index (χ1n) is 5.32. The molecule has 1 aliphatic heterocycles. The molecule has 0 spiro atoms. The summed E-state index contributed by atoms with van der Waals surface area (Å²) >= 11 is 0. The number of benzene rings is 1.